The lowest BCUT2D eigenvalue weighted by Gasteiger charge is -2.14. The third-order valence-corrected chi connectivity index (χ3v) is 5.65. The summed E-state index contributed by atoms with van der Waals surface area (Å²) < 4.78 is 70.1. The van der Waals surface area contributed by atoms with E-state index < -0.39 is 46.9 Å². The molecule has 0 atom stereocenters. The minimum Gasteiger partial charge on any atom is -0.508 e. The summed E-state index contributed by atoms with van der Waals surface area (Å²) in [6.45, 7) is 0. The van der Waals surface area contributed by atoms with Gasteiger partial charge in [-0.25, -0.2) is 8.78 Å². The maximum Gasteiger partial charge on any atom is 0.416 e. The minimum absolute atomic E-state index is 0.0349. The third-order valence-electron chi connectivity index (χ3n) is 4.83. The summed E-state index contributed by atoms with van der Waals surface area (Å²) in [5, 5.41) is 30.3. The normalized spacial score (nSPS) is 13.5. The third kappa shape index (κ3) is 3.09. The second kappa shape index (κ2) is 6.85. The second-order valence-corrected chi connectivity index (χ2v) is 7.52. The molecule has 3 aromatic rings. The molecule has 9 heteroatoms. The average Bonchev–Trinajstić information content (AvgIpc) is 3.23. The molecular weight excluding hydrogens is 425 g/mol. The Morgan fingerprint density at radius 1 is 0.967 bits per heavy atom. The summed E-state index contributed by atoms with van der Waals surface area (Å²) >= 11 is 1.03. The summed E-state index contributed by atoms with van der Waals surface area (Å²) in [6.07, 6.45) is -5.29. The van der Waals surface area contributed by atoms with Crippen LogP contribution in [0.1, 0.15) is 32.7 Å². The Kier molecular flexibility index (Phi) is 4.55. The molecule has 0 radical (unpaired) electrons. The lowest BCUT2D eigenvalue weighted by molar-refractivity contribution is -0.138. The van der Waals surface area contributed by atoms with Crippen LogP contribution in [-0.2, 0) is 12.6 Å². The number of phenols is 2. The summed E-state index contributed by atoms with van der Waals surface area (Å²) in [5.41, 5.74) is -1.90. The Bertz CT molecular complexity index is 1240. The molecule has 152 valence electrons. The molecule has 1 aliphatic carbocycles. The number of thiophene rings is 1. The van der Waals surface area contributed by atoms with E-state index in [4.69, 9.17) is 0 Å². The van der Waals surface area contributed by atoms with Crippen LogP contribution in [-0.4, -0.2) is 10.2 Å². The van der Waals surface area contributed by atoms with Gasteiger partial charge in [-0.1, -0.05) is 0 Å². The van der Waals surface area contributed by atoms with Crippen molar-refractivity contribution in [3.05, 3.63) is 80.0 Å². The van der Waals surface area contributed by atoms with Crippen LogP contribution in [0.5, 0.6) is 11.5 Å². The van der Waals surface area contributed by atoms with E-state index in [-0.39, 0.29) is 32.7 Å². The predicted molar refractivity (Wildman–Crippen MR) is 99.8 cm³/mol. The van der Waals surface area contributed by atoms with Crippen molar-refractivity contribution in [3.63, 3.8) is 0 Å². The first kappa shape index (κ1) is 19.9. The number of nitriles is 1. The number of alkyl halides is 3. The molecule has 0 fully saturated rings. The molecule has 0 spiro atoms. The van der Waals surface area contributed by atoms with Gasteiger partial charge < -0.3 is 10.2 Å². The summed E-state index contributed by atoms with van der Waals surface area (Å²) in [4.78, 5) is 0.145. The number of phenolic OH excluding ortho intramolecular Hbond substituents is 2. The van der Waals surface area contributed by atoms with Gasteiger partial charge in [0.2, 0.25) is 0 Å². The molecular formula is C21H10F5NO2S. The van der Waals surface area contributed by atoms with Gasteiger partial charge in [-0.3, -0.25) is 0 Å². The molecule has 1 aliphatic rings. The highest BCUT2D eigenvalue weighted by Crippen LogP contribution is 2.50. The maximum absolute atomic E-state index is 14.6. The van der Waals surface area contributed by atoms with Gasteiger partial charge >= 0.3 is 6.18 Å². The number of hydrogen-bond donors (Lipinski definition) is 2. The van der Waals surface area contributed by atoms with Gasteiger partial charge in [0, 0.05) is 24.1 Å². The highest BCUT2D eigenvalue weighted by Gasteiger charge is 2.39. The number of nitrogens with zero attached hydrogens (tertiary/aromatic N) is 1. The molecule has 1 aromatic heterocycles. The fourth-order valence-electron chi connectivity index (χ4n) is 3.71. The zero-order valence-electron chi connectivity index (χ0n) is 14.8. The lowest BCUT2D eigenvalue weighted by Crippen LogP contribution is -2.09. The predicted octanol–water partition coefficient (Wildman–Crippen LogP) is 5.84. The number of benzene rings is 2. The number of rotatable bonds is 2. The summed E-state index contributed by atoms with van der Waals surface area (Å²) in [5.74, 6) is -3.65. The monoisotopic (exact) mass is 435 g/mol. The van der Waals surface area contributed by atoms with Crippen LogP contribution in [0, 0.1) is 23.0 Å². The van der Waals surface area contributed by atoms with Crippen molar-refractivity contribution in [1.82, 2.24) is 0 Å². The Hall–Kier alpha value is -3.38. The number of fused-ring (bicyclic) bond motifs is 1. The molecule has 0 unspecified atom stereocenters. The number of halogens is 5. The van der Waals surface area contributed by atoms with E-state index in [0.29, 0.717) is 18.2 Å². The SMILES string of the molecule is N#Cc1sccc1C1=C(c2c(F)cc(O)cc2F)Cc2c1cc(O)cc2C(F)(F)F. The Morgan fingerprint density at radius 2 is 1.60 bits per heavy atom. The standard InChI is InChI=1S/C21H10F5NO2S/c22-16-5-10(29)6-17(23)20(16)14-7-12-13(3-9(28)4-15(12)21(24,25)26)19(14)11-1-2-30-18(11)8-27/h1-6,28-29H,7H2. The zero-order chi connectivity index (χ0) is 21.8. The van der Waals surface area contributed by atoms with Crippen molar-refractivity contribution in [2.75, 3.05) is 0 Å². The zero-order valence-corrected chi connectivity index (χ0v) is 15.6. The topological polar surface area (TPSA) is 64.2 Å². The van der Waals surface area contributed by atoms with E-state index in [1.165, 1.54) is 11.4 Å². The minimum atomic E-state index is -4.82. The van der Waals surface area contributed by atoms with Crippen molar-refractivity contribution in [1.29, 1.82) is 5.26 Å². The number of aromatic hydroxyl groups is 2. The van der Waals surface area contributed by atoms with E-state index in [2.05, 4.69) is 0 Å². The van der Waals surface area contributed by atoms with Gasteiger partial charge in [0.1, 0.15) is 34.1 Å². The van der Waals surface area contributed by atoms with Crippen LogP contribution in [0.3, 0.4) is 0 Å². The van der Waals surface area contributed by atoms with Crippen molar-refractivity contribution in [3.8, 4) is 17.6 Å². The molecule has 1 heterocycles. The van der Waals surface area contributed by atoms with E-state index in [1.807, 2.05) is 6.07 Å². The van der Waals surface area contributed by atoms with Crippen molar-refractivity contribution in [2.24, 2.45) is 0 Å². The first-order chi connectivity index (χ1) is 14.1. The second-order valence-electron chi connectivity index (χ2n) is 6.61. The van der Waals surface area contributed by atoms with E-state index in [1.54, 1.807) is 0 Å². The number of hydrogen-bond acceptors (Lipinski definition) is 4. The van der Waals surface area contributed by atoms with Crippen molar-refractivity contribution in [2.45, 2.75) is 12.6 Å². The van der Waals surface area contributed by atoms with Gasteiger partial charge in [-0.05, 0) is 45.9 Å². The van der Waals surface area contributed by atoms with Gasteiger partial charge in [0.05, 0.1) is 11.1 Å². The smallest absolute Gasteiger partial charge is 0.416 e. The van der Waals surface area contributed by atoms with Gasteiger partial charge in [0.15, 0.2) is 0 Å². The Morgan fingerprint density at radius 3 is 2.20 bits per heavy atom. The average molecular weight is 435 g/mol. The van der Waals surface area contributed by atoms with Crippen LogP contribution in [0.15, 0.2) is 35.7 Å². The quantitative estimate of drug-likeness (QED) is 0.497. The first-order valence-corrected chi connectivity index (χ1v) is 9.32. The molecule has 0 saturated carbocycles. The Balaban J connectivity index is 2.10. The van der Waals surface area contributed by atoms with Gasteiger partial charge in [-0.15, -0.1) is 11.3 Å². The molecule has 0 amide bonds. The van der Waals surface area contributed by atoms with Crippen LogP contribution in [0.25, 0.3) is 11.1 Å². The van der Waals surface area contributed by atoms with Crippen LogP contribution < -0.4 is 0 Å². The lowest BCUT2D eigenvalue weighted by atomic mass is 9.94. The largest absolute Gasteiger partial charge is 0.508 e. The molecule has 3 nitrogen and oxygen atoms in total. The first-order valence-electron chi connectivity index (χ1n) is 8.44. The van der Waals surface area contributed by atoms with E-state index in [9.17, 15) is 37.4 Å². The van der Waals surface area contributed by atoms with Crippen LogP contribution in [0.4, 0.5) is 22.0 Å². The maximum atomic E-state index is 14.6. The molecule has 4 rings (SSSR count). The van der Waals surface area contributed by atoms with Crippen molar-refractivity contribution < 1.29 is 32.2 Å². The van der Waals surface area contributed by atoms with Gasteiger partial charge in [0.25, 0.3) is 0 Å². The molecule has 2 aromatic carbocycles. The van der Waals surface area contributed by atoms with E-state index >= 15 is 0 Å². The summed E-state index contributed by atoms with van der Waals surface area (Å²) in [6, 6.07) is 6.36. The van der Waals surface area contributed by atoms with E-state index in [0.717, 1.165) is 17.4 Å². The fourth-order valence-corrected chi connectivity index (χ4v) is 4.40. The molecule has 0 saturated heterocycles. The highest BCUT2D eigenvalue weighted by molar-refractivity contribution is 7.10. The molecule has 0 bridgehead atoms. The number of allylic oxidation sites excluding steroid dienone is 1. The fraction of sp³-hybridized carbons (Fsp3) is 0.0952. The molecule has 0 aliphatic heterocycles. The van der Waals surface area contributed by atoms with Crippen LogP contribution in [0.2, 0.25) is 0 Å². The molecule has 30 heavy (non-hydrogen) atoms. The van der Waals surface area contributed by atoms with Gasteiger partial charge in [-0.2, -0.15) is 18.4 Å². The van der Waals surface area contributed by atoms with Crippen molar-refractivity contribution >= 4 is 22.5 Å². The molecule has 2 N–H and O–H groups in total. The highest BCUT2D eigenvalue weighted by atomic mass is 32.1. The Labute approximate surface area is 170 Å². The van der Waals surface area contributed by atoms with Crippen LogP contribution >= 0.6 is 11.3 Å². The summed E-state index contributed by atoms with van der Waals surface area (Å²) in [7, 11) is 0.